The van der Waals surface area contributed by atoms with Crippen molar-refractivity contribution in [3.05, 3.63) is 29.1 Å². The van der Waals surface area contributed by atoms with E-state index in [0.717, 1.165) is 6.54 Å². The van der Waals surface area contributed by atoms with E-state index in [9.17, 15) is 26.7 Å². The van der Waals surface area contributed by atoms with Crippen molar-refractivity contribution in [2.45, 2.75) is 6.92 Å². The molecule has 1 saturated heterocycles. The maximum Gasteiger partial charge on any atom is 0.260 e. The van der Waals surface area contributed by atoms with Gasteiger partial charge < -0.3 is 14.5 Å². The van der Waals surface area contributed by atoms with Gasteiger partial charge in [0.05, 0.1) is 0 Å². The molecule has 1 aliphatic rings. The molecule has 0 saturated carbocycles. The van der Waals surface area contributed by atoms with Crippen molar-refractivity contribution in [3.8, 4) is 5.75 Å². The molecule has 1 amide bonds. The van der Waals surface area contributed by atoms with E-state index in [1.807, 2.05) is 6.92 Å². The number of hydrogen-bond acceptors (Lipinski definition) is 3. The number of carbonyl (C=O) groups excluding carboxylic acids is 1. The van der Waals surface area contributed by atoms with Crippen molar-refractivity contribution in [1.82, 2.24) is 9.80 Å². The standard InChI is InChI=1S/C14H15F5N2O2/c1-2-20-3-5-21(6-4-20)8(22)7-23-14-12(18)10(16)9(15)11(17)13(14)19/h2-7H2,1H3. The summed E-state index contributed by atoms with van der Waals surface area (Å²) in [7, 11) is 0. The molecular formula is C14H15F5N2O2. The number of piperazine rings is 1. The van der Waals surface area contributed by atoms with Crippen LogP contribution >= 0.6 is 0 Å². The fraction of sp³-hybridized carbons (Fsp3) is 0.500. The molecule has 128 valence electrons. The summed E-state index contributed by atoms with van der Waals surface area (Å²) in [5.41, 5.74) is 0. The second-order valence-electron chi connectivity index (χ2n) is 5.00. The van der Waals surface area contributed by atoms with Crippen LogP contribution < -0.4 is 4.74 Å². The third-order valence-electron chi connectivity index (χ3n) is 3.68. The molecule has 0 unspecified atom stereocenters. The number of hydrogen-bond donors (Lipinski definition) is 0. The first-order valence-electron chi connectivity index (χ1n) is 7.01. The zero-order valence-electron chi connectivity index (χ0n) is 12.3. The number of likely N-dealkylation sites (N-methyl/N-ethyl adjacent to an activating group) is 1. The average Bonchev–Trinajstić information content (AvgIpc) is 2.58. The largest absolute Gasteiger partial charge is 0.477 e. The summed E-state index contributed by atoms with van der Waals surface area (Å²) in [5.74, 6) is -12.7. The van der Waals surface area contributed by atoms with Crippen LogP contribution in [0.2, 0.25) is 0 Å². The van der Waals surface area contributed by atoms with Crippen LogP contribution in [0.4, 0.5) is 22.0 Å². The number of nitrogens with zero attached hydrogens (tertiary/aromatic N) is 2. The Morgan fingerprint density at radius 2 is 1.39 bits per heavy atom. The van der Waals surface area contributed by atoms with Crippen molar-refractivity contribution in [2.24, 2.45) is 0 Å². The summed E-state index contributed by atoms with van der Waals surface area (Å²) in [6.45, 7) is 4.12. The topological polar surface area (TPSA) is 32.8 Å². The first-order valence-corrected chi connectivity index (χ1v) is 7.01. The molecule has 0 N–H and O–H groups in total. The second-order valence-corrected chi connectivity index (χ2v) is 5.00. The quantitative estimate of drug-likeness (QED) is 0.478. The summed E-state index contributed by atoms with van der Waals surface area (Å²) in [5, 5.41) is 0. The lowest BCUT2D eigenvalue weighted by molar-refractivity contribution is -0.135. The van der Waals surface area contributed by atoms with Gasteiger partial charge in [-0.2, -0.15) is 8.78 Å². The van der Waals surface area contributed by atoms with E-state index >= 15 is 0 Å². The van der Waals surface area contributed by atoms with E-state index in [-0.39, 0.29) is 0 Å². The lowest BCUT2D eigenvalue weighted by Crippen LogP contribution is -2.49. The average molecular weight is 338 g/mol. The van der Waals surface area contributed by atoms with Gasteiger partial charge in [0.15, 0.2) is 12.4 Å². The molecule has 0 spiro atoms. The Labute approximate surface area is 129 Å². The first kappa shape index (κ1) is 17.5. The Hall–Kier alpha value is -1.90. The fourth-order valence-corrected chi connectivity index (χ4v) is 2.25. The van der Waals surface area contributed by atoms with Crippen molar-refractivity contribution < 1.29 is 31.5 Å². The molecule has 23 heavy (non-hydrogen) atoms. The van der Waals surface area contributed by atoms with Gasteiger partial charge in [-0.05, 0) is 6.54 Å². The molecule has 0 atom stereocenters. The van der Waals surface area contributed by atoms with Crippen LogP contribution in [0.3, 0.4) is 0 Å². The first-order chi connectivity index (χ1) is 10.9. The highest BCUT2D eigenvalue weighted by molar-refractivity contribution is 5.77. The van der Waals surface area contributed by atoms with E-state index in [1.165, 1.54) is 4.90 Å². The van der Waals surface area contributed by atoms with E-state index in [1.54, 1.807) is 0 Å². The molecule has 1 heterocycles. The number of ether oxygens (including phenoxy) is 1. The molecule has 9 heteroatoms. The molecule has 0 aromatic heterocycles. The lowest BCUT2D eigenvalue weighted by Gasteiger charge is -2.33. The van der Waals surface area contributed by atoms with Crippen LogP contribution in [-0.4, -0.2) is 55.0 Å². The Balaban J connectivity index is 2.03. The van der Waals surface area contributed by atoms with Crippen molar-refractivity contribution in [3.63, 3.8) is 0 Å². The Kier molecular flexibility index (Phi) is 5.40. The fourth-order valence-electron chi connectivity index (χ4n) is 2.25. The van der Waals surface area contributed by atoms with Crippen LogP contribution in [0.5, 0.6) is 5.75 Å². The molecule has 1 aliphatic heterocycles. The summed E-state index contributed by atoms with van der Waals surface area (Å²) >= 11 is 0. The maximum absolute atomic E-state index is 13.4. The molecule has 1 fully saturated rings. The molecular weight excluding hydrogens is 323 g/mol. The maximum atomic E-state index is 13.4. The van der Waals surface area contributed by atoms with Crippen LogP contribution in [0, 0.1) is 29.1 Å². The van der Waals surface area contributed by atoms with Gasteiger partial charge in [0.2, 0.25) is 29.1 Å². The molecule has 0 bridgehead atoms. The van der Waals surface area contributed by atoms with Gasteiger partial charge in [-0.15, -0.1) is 0 Å². The monoisotopic (exact) mass is 338 g/mol. The third kappa shape index (κ3) is 3.54. The van der Waals surface area contributed by atoms with Gasteiger partial charge in [-0.25, -0.2) is 13.2 Å². The molecule has 0 aliphatic carbocycles. The molecule has 2 rings (SSSR count). The van der Waals surface area contributed by atoms with Gasteiger partial charge >= 0.3 is 0 Å². The highest BCUT2D eigenvalue weighted by atomic mass is 19.2. The third-order valence-corrected chi connectivity index (χ3v) is 3.68. The van der Waals surface area contributed by atoms with Crippen LogP contribution in [0.25, 0.3) is 0 Å². The number of amides is 1. The summed E-state index contributed by atoms with van der Waals surface area (Å²) in [6.07, 6.45) is 0. The Morgan fingerprint density at radius 1 is 0.913 bits per heavy atom. The van der Waals surface area contributed by atoms with E-state index in [4.69, 9.17) is 0 Å². The van der Waals surface area contributed by atoms with Gasteiger partial charge in [0.1, 0.15) is 0 Å². The van der Waals surface area contributed by atoms with E-state index in [0.29, 0.717) is 26.2 Å². The van der Waals surface area contributed by atoms with Crippen molar-refractivity contribution in [1.29, 1.82) is 0 Å². The smallest absolute Gasteiger partial charge is 0.260 e. The lowest BCUT2D eigenvalue weighted by atomic mass is 10.2. The number of benzene rings is 1. The minimum atomic E-state index is -2.27. The number of rotatable bonds is 4. The molecule has 1 aromatic rings. The number of halogens is 5. The Morgan fingerprint density at radius 3 is 1.87 bits per heavy atom. The number of carbonyl (C=O) groups is 1. The highest BCUT2D eigenvalue weighted by Crippen LogP contribution is 2.29. The van der Waals surface area contributed by atoms with E-state index < -0.39 is 47.3 Å². The van der Waals surface area contributed by atoms with E-state index in [2.05, 4.69) is 9.64 Å². The van der Waals surface area contributed by atoms with Crippen LogP contribution in [0.15, 0.2) is 0 Å². The molecule has 0 radical (unpaired) electrons. The zero-order chi connectivity index (χ0) is 17.1. The summed E-state index contributed by atoms with van der Waals surface area (Å²) in [6, 6.07) is 0. The SMILES string of the molecule is CCN1CCN(C(=O)COc2c(F)c(F)c(F)c(F)c2F)CC1. The van der Waals surface area contributed by atoms with Gasteiger partial charge in [-0.3, -0.25) is 4.79 Å². The normalized spacial score (nSPS) is 15.8. The van der Waals surface area contributed by atoms with Gasteiger partial charge in [0.25, 0.3) is 5.91 Å². The molecule has 4 nitrogen and oxygen atoms in total. The molecule has 1 aromatic carbocycles. The summed E-state index contributed by atoms with van der Waals surface area (Å²) in [4.78, 5) is 15.4. The minimum absolute atomic E-state index is 0.410. The van der Waals surface area contributed by atoms with Crippen molar-refractivity contribution in [2.75, 3.05) is 39.3 Å². The van der Waals surface area contributed by atoms with Crippen LogP contribution in [-0.2, 0) is 4.79 Å². The Bertz CT molecular complexity index is 574. The highest BCUT2D eigenvalue weighted by Gasteiger charge is 2.28. The predicted molar refractivity (Wildman–Crippen MR) is 70.4 cm³/mol. The van der Waals surface area contributed by atoms with Gasteiger partial charge in [0, 0.05) is 26.2 Å². The van der Waals surface area contributed by atoms with Crippen LogP contribution in [0.1, 0.15) is 6.92 Å². The minimum Gasteiger partial charge on any atom is -0.477 e. The summed E-state index contributed by atoms with van der Waals surface area (Å²) < 4.78 is 70.3. The van der Waals surface area contributed by atoms with Gasteiger partial charge in [-0.1, -0.05) is 6.92 Å². The zero-order valence-corrected chi connectivity index (χ0v) is 12.3. The predicted octanol–water partition coefficient (Wildman–Crippen LogP) is 1.92. The van der Waals surface area contributed by atoms with Crippen molar-refractivity contribution >= 4 is 5.91 Å². The second kappa shape index (κ2) is 7.12.